The molecule has 0 rings (SSSR count). The molecule has 16 heavy (non-hydrogen) atoms. The first kappa shape index (κ1) is 15.9. The summed E-state index contributed by atoms with van der Waals surface area (Å²) in [6.45, 7) is 1.08. The Morgan fingerprint density at radius 3 is 2.06 bits per heavy atom. The van der Waals surface area contributed by atoms with Crippen molar-refractivity contribution in [1.82, 2.24) is 0 Å². The van der Waals surface area contributed by atoms with Crippen molar-refractivity contribution < 1.29 is 21.6 Å². The lowest BCUT2D eigenvalue weighted by Crippen LogP contribution is -2.05. The Morgan fingerprint density at radius 1 is 1.00 bits per heavy atom. The van der Waals surface area contributed by atoms with Crippen molar-refractivity contribution in [2.24, 2.45) is 0 Å². The van der Waals surface area contributed by atoms with Crippen LogP contribution in [0.25, 0.3) is 0 Å². The van der Waals surface area contributed by atoms with Crippen molar-refractivity contribution in [3.8, 4) is 0 Å². The monoisotopic (exact) mass is 272 g/mol. The van der Waals surface area contributed by atoms with Crippen LogP contribution >= 0.6 is 0 Å². The molecular formula is C9H20O5S2. The third kappa shape index (κ3) is 13.9. The summed E-state index contributed by atoms with van der Waals surface area (Å²) in [6, 6.07) is 0. The van der Waals surface area contributed by atoms with Crippen LogP contribution in [0, 0.1) is 0 Å². The minimum absolute atomic E-state index is 0.201. The zero-order chi connectivity index (χ0) is 12.4. The normalized spacial score (nSPS) is 12.1. The van der Waals surface area contributed by atoms with Crippen LogP contribution in [0.1, 0.15) is 25.7 Å². The van der Waals surface area contributed by atoms with E-state index >= 15 is 0 Å². The number of hydrogen-bond donors (Lipinski definition) is 1. The maximum absolute atomic E-state index is 10.8. The maximum Gasteiger partial charge on any atom is 0.147 e. The third-order valence-electron chi connectivity index (χ3n) is 1.93. The summed E-state index contributed by atoms with van der Waals surface area (Å²) in [5, 5.41) is 0. The highest BCUT2D eigenvalue weighted by atomic mass is 32.2. The van der Waals surface area contributed by atoms with Crippen LogP contribution in [-0.4, -0.2) is 47.8 Å². The Bertz CT molecular complexity index is 324. The average molecular weight is 272 g/mol. The molecule has 0 aliphatic rings. The molecular weight excluding hydrogens is 252 g/mol. The SMILES string of the molecule is CS(=O)(=O)CCCCOCCCC[SH](=O)=O. The Hall–Kier alpha value is -0.140. The van der Waals surface area contributed by atoms with Crippen LogP contribution in [0.3, 0.4) is 0 Å². The van der Waals surface area contributed by atoms with Gasteiger partial charge < -0.3 is 4.74 Å². The van der Waals surface area contributed by atoms with E-state index in [1.165, 1.54) is 6.26 Å². The van der Waals surface area contributed by atoms with Crippen molar-refractivity contribution in [3.05, 3.63) is 0 Å². The third-order valence-corrected chi connectivity index (χ3v) is 3.64. The van der Waals surface area contributed by atoms with E-state index in [-0.39, 0.29) is 11.5 Å². The van der Waals surface area contributed by atoms with Crippen LogP contribution < -0.4 is 0 Å². The fourth-order valence-corrected chi connectivity index (χ4v) is 2.33. The molecule has 0 aromatic rings. The van der Waals surface area contributed by atoms with Gasteiger partial charge >= 0.3 is 0 Å². The van der Waals surface area contributed by atoms with E-state index in [1.807, 2.05) is 0 Å². The molecule has 0 aromatic carbocycles. The largest absolute Gasteiger partial charge is 0.381 e. The molecule has 0 atom stereocenters. The van der Waals surface area contributed by atoms with E-state index in [2.05, 4.69) is 0 Å². The van der Waals surface area contributed by atoms with Gasteiger partial charge in [-0.1, -0.05) is 0 Å². The van der Waals surface area contributed by atoms with E-state index < -0.39 is 20.5 Å². The lowest BCUT2D eigenvalue weighted by molar-refractivity contribution is 0.128. The van der Waals surface area contributed by atoms with Gasteiger partial charge in [0.1, 0.15) is 20.5 Å². The number of unbranched alkanes of at least 4 members (excludes halogenated alkanes) is 2. The highest BCUT2D eigenvalue weighted by Crippen LogP contribution is 1.96. The Balaban J connectivity index is 3.16. The molecule has 0 aliphatic heterocycles. The quantitative estimate of drug-likeness (QED) is 0.455. The molecule has 5 nitrogen and oxygen atoms in total. The molecule has 0 aliphatic carbocycles. The van der Waals surface area contributed by atoms with Crippen molar-refractivity contribution in [3.63, 3.8) is 0 Å². The first-order valence-electron chi connectivity index (χ1n) is 5.29. The maximum atomic E-state index is 10.8. The van der Waals surface area contributed by atoms with E-state index in [1.54, 1.807) is 0 Å². The highest BCUT2D eigenvalue weighted by Gasteiger charge is 2.00. The van der Waals surface area contributed by atoms with Gasteiger partial charge in [-0.2, -0.15) is 0 Å². The molecule has 0 unspecified atom stereocenters. The molecule has 0 heterocycles. The molecule has 0 amide bonds. The smallest absolute Gasteiger partial charge is 0.147 e. The second-order valence-corrected chi connectivity index (χ2v) is 7.09. The molecule has 7 heteroatoms. The van der Waals surface area contributed by atoms with Crippen LogP contribution in [-0.2, 0) is 25.3 Å². The first-order chi connectivity index (χ1) is 7.42. The molecule has 0 fully saturated rings. The zero-order valence-electron chi connectivity index (χ0n) is 9.55. The van der Waals surface area contributed by atoms with Crippen molar-refractivity contribution >= 4 is 20.5 Å². The van der Waals surface area contributed by atoms with Crippen molar-refractivity contribution in [2.45, 2.75) is 25.7 Å². The van der Waals surface area contributed by atoms with Gasteiger partial charge in [-0.25, -0.2) is 16.8 Å². The van der Waals surface area contributed by atoms with Gasteiger partial charge in [-0.3, -0.25) is 0 Å². The molecule has 0 radical (unpaired) electrons. The summed E-state index contributed by atoms with van der Waals surface area (Å²) < 4.78 is 47.2. The topological polar surface area (TPSA) is 77.5 Å². The van der Waals surface area contributed by atoms with Crippen LogP contribution in [0.2, 0.25) is 0 Å². The summed E-state index contributed by atoms with van der Waals surface area (Å²) in [7, 11) is -5.12. The molecule has 0 saturated heterocycles. The standard InChI is InChI=1S/C9H20O5S2/c1-16(12,13)9-5-3-7-14-6-2-4-8-15(10)11/h15H,2-9H2,1H3. The Labute approximate surface area is 99.1 Å². The van der Waals surface area contributed by atoms with Crippen LogP contribution in [0.15, 0.2) is 0 Å². The van der Waals surface area contributed by atoms with Gasteiger partial charge in [0, 0.05) is 31.0 Å². The Kier molecular flexibility index (Phi) is 8.87. The molecule has 0 spiro atoms. The summed E-state index contributed by atoms with van der Waals surface area (Å²) in [5.74, 6) is 0.416. The van der Waals surface area contributed by atoms with Gasteiger partial charge in [0.05, 0.1) is 0 Å². The van der Waals surface area contributed by atoms with Gasteiger partial charge in [0.15, 0.2) is 0 Å². The van der Waals surface area contributed by atoms with Crippen molar-refractivity contribution in [1.29, 1.82) is 0 Å². The lowest BCUT2D eigenvalue weighted by Gasteiger charge is -2.02. The average Bonchev–Trinajstić information content (AvgIpc) is 2.13. The zero-order valence-corrected chi connectivity index (χ0v) is 11.3. The number of hydrogen-bond acceptors (Lipinski definition) is 5. The van der Waals surface area contributed by atoms with Gasteiger partial charge in [0.2, 0.25) is 0 Å². The minimum atomic E-state index is -2.86. The van der Waals surface area contributed by atoms with E-state index in [0.717, 1.165) is 12.8 Å². The van der Waals surface area contributed by atoms with Gasteiger partial charge in [-0.15, -0.1) is 0 Å². The van der Waals surface area contributed by atoms with Crippen LogP contribution in [0.4, 0.5) is 0 Å². The van der Waals surface area contributed by atoms with Gasteiger partial charge in [0.25, 0.3) is 0 Å². The number of ether oxygens (including phenoxy) is 1. The summed E-state index contributed by atoms with van der Waals surface area (Å²) in [4.78, 5) is 0. The predicted octanol–water partition coefficient (Wildman–Crippen LogP) is 0.219. The Morgan fingerprint density at radius 2 is 1.56 bits per heavy atom. The second kappa shape index (κ2) is 8.95. The van der Waals surface area contributed by atoms with Gasteiger partial charge in [-0.05, 0) is 25.7 Å². The molecule has 0 saturated carbocycles. The predicted molar refractivity (Wildman–Crippen MR) is 64.2 cm³/mol. The van der Waals surface area contributed by atoms with Crippen molar-refractivity contribution in [2.75, 3.05) is 31.0 Å². The van der Waals surface area contributed by atoms with E-state index in [4.69, 9.17) is 4.74 Å². The van der Waals surface area contributed by atoms with E-state index in [9.17, 15) is 16.8 Å². The minimum Gasteiger partial charge on any atom is -0.381 e. The van der Waals surface area contributed by atoms with E-state index in [0.29, 0.717) is 26.1 Å². The molecule has 98 valence electrons. The summed E-state index contributed by atoms with van der Waals surface area (Å²) >= 11 is 0. The number of thiol groups is 1. The highest BCUT2D eigenvalue weighted by molar-refractivity contribution is 7.90. The molecule has 0 bridgehead atoms. The first-order valence-corrected chi connectivity index (χ1v) is 8.71. The molecule has 0 N–H and O–H groups in total. The molecule has 0 aromatic heterocycles. The number of sulfone groups is 1. The second-order valence-electron chi connectivity index (χ2n) is 3.71. The fraction of sp³-hybridized carbons (Fsp3) is 1.00. The number of rotatable bonds is 10. The fourth-order valence-electron chi connectivity index (χ4n) is 1.12. The summed E-state index contributed by atoms with van der Waals surface area (Å²) in [6.07, 6.45) is 3.92. The lowest BCUT2D eigenvalue weighted by atomic mass is 10.3. The summed E-state index contributed by atoms with van der Waals surface area (Å²) in [5.41, 5.74) is 0. The van der Waals surface area contributed by atoms with Crippen LogP contribution in [0.5, 0.6) is 0 Å².